The first-order chi connectivity index (χ1) is 11.6. The maximum absolute atomic E-state index is 11.7. The first-order valence-electron chi connectivity index (χ1n) is 7.78. The van der Waals surface area contributed by atoms with Crippen molar-refractivity contribution in [2.75, 3.05) is 0 Å². The van der Waals surface area contributed by atoms with E-state index >= 15 is 0 Å². The molecular formula is C20H19N3O. The van der Waals surface area contributed by atoms with Gasteiger partial charge in [-0.15, -0.1) is 0 Å². The van der Waals surface area contributed by atoms with Gasteiger partial charge in [0, 0.05) is 23.0 Å². The van der Waals surface area contributed by atoms with Gasteiger partial charge in [-0.2, -0.15) is 0 Å². The first kappa shape index (κ1) is 15.7. The van der Waals surface area contributed by atoms with Crippen LogP contribution in [-0.4, -0.2) is 15.5 Å². The summed E-state index contributed by atoms with van der Waals surface area (Å²) in [7, 11) is 0. The summed E-state index contributed by atoms with van der Waals surface area (Å²) in [4.78, 5) is 16.4. The summed E-state index contributed by atoms with van der Waals surface area (Å²) in [5, 5.41) is 2.83. The van der Waals surface area contributed by atoms with Crippen LogP contribution in [0, 0.1) is 0 Å². The Morgan fingerprint density at radius 3 is 2.33 bits per heavy atom. The lowest BCUT2D eigenvalue weighted by molar-refractivity contribution is -0.117. The average molecular weight is 317 g/mol. The van der Waals surface area contributed by atoms with Gasteiger partial charge in [0.2, 0.25) is 5.91 Å². The molecule has 3 aromatic rings. The van der Waals surface area contributed by atoms with Crippen molar-refractivity contribution in [3.8, 4) is 17.1 Å². The smallest absolute Gasteiger partial charge is 0.246 e. The minimum Gasteiger partial charge on any atom is -0.347 e. The molecular weight excluding hydrogens is 298 g/mol. The fourth-order valence-corrected chi connectivity index (χ4v) is 2.41. The van der Waals surface area contributed by atoms with Crippen LogP contribution in [0.5, 0.6) is 0 Å². The highest BCUT2D eigenvalue weighted by Crippen LogP contribution is 2.22. The molecule has 0 aliphatic heterocycles. The van der Waals surface area contributed by atoms with Gasteiger partial charge in [-0.05, 0) is 19.1 Å². The molecule has 120 valence electrons. The number of hydrogen-bond acceptors (Lipinski definition) is 2. The van der Waals surface area contributed by atoms with Gasteiger partial charge >= 0.3 is 0 Å². The second-order valence-corrected chi connectivity index (χ2v) is 5.59. The third kappa shape index (κ3) is 3.43. The van der Waals surface area contributed by atoms with Crippen molar-refractivity contribution in [1.82, 2.24) is 14.9 Å². The molecule has 4 heteroatoms. The van der Waals surface area contributed by atoms with E-state index in [2.05, 4.69) is 11.9 Å². The van der Waals surface area contributed by atoms with E-state index in [4.69, 9.17) is 4.98 Å². The number of aromatic nitrogens is 2. The molecule has 0 saturated carbocycles. The molecule has 1 aromatic heterocycles. The summed E-state index contributed by atoms with van der Waals surface area (Å²) in [5.41, 5.74) is 3.34. The monoisotopic (exact) mass is 317 g/mol. The molecule has 24 heavy (non-hydrogen) atoms. The van der Waals surface area contributed by atoms with Crippen molar-refractivity contribution in [2.45, 2.75) is 13.5 Å². The Labute approximate surface area is 141 Å². The Morgan fingerprint density at radius 2 is 1.71 bits per heavy atom. The van der Waals surface area contributed by atoms with Crippen LogP contribution in [0.4, 0.5) is 0 Å². The SMILES string of the molecule is C=C(C)C(=O)NCc1cn(-c2ccccc2)c(-c2ccccc2)n1. The van der Waals surface area contributed by atoms with Crippen LogP contribution in [0.2, 0.25) is 0 Å². The van der Waals surface area contributed by atoms with Crippen LogP contribution < -0.4 is 5.32 Å². The molecule has 3 rings (SSSR count). The largest absolute Gasteiger partial charge is 0.347 e. The summed E-state index contributed by atoms with van der Waals surface area (Å²) in [6.45, 7) is 5.70. The molecule has 0 atom stereocenters. The number of carbonyl (C=O) groups is 1. The topological polar surface area (TPSA) is 46.9 Å². The van der Waals surface area contributed by atoms with Gasteiger partial charge in [-0.25, -0.2) is 4.98 Å². The molecule has 0 radical (unpaired) electrons. The number of benzene rings is 2. The van der Waals surface area contributed by atoms with E-state index in [1.807, 2.05) is 71.4 Å². The van der Waals surface area contributed by atoms with Gasteiger partial charge in [-0.1, -0.05) is 55.1 Å². The molecule has 0 fully saturated rings. The van der Waals surface area contributed by atoms with Crippen molar-refractivity contribution >= 4 is 5.91 Å². The Kier molecular flexibility index (Phi) is 4.57. The zero-order valence-corrected chi connectivity index (χ0v) is 13.6. The number of hydrogen-bond donors (Lipinski definition) is 1. The van der Waals surface area contributed by atoms with E-state index in [9.17, 15) is 4.79 Å². The maximum atomic E-state index is 11.7. The fraction of sp³-hybridized carbons (Fsp3) is 0.100. The highest BCUT2D eigenvalue weighted by atomic mass is 16.1. The van der Waals surface area contributed by atoms with Gasteiger partial charge in [0.15, 0.2) is 0 Å². The molecule has 0 bridgehead atoms. The molecule has 0 spiro atoms. The zero-order chi connectivity index (χ0) is 16.9. The van der Waals surface area contributed by atoms with E-state index in [0.29, 0.717) is 12.1 Å². The van der Waals surface area contributed by atoms with Crippen LogP contribution in [0.1, 0.15) is 12.6 Å². The Hall–Kier alpha value is -3.14. The average Bonchev–Trinajstić information content (AvgIpc) is 3.05. The number of nitrogens with zero attached hydrogens (tertiary/aromatic N) is 2. The van der Waals surface area contributed by atoms with Crippen molar-refractivity contribution in [3.63, 3.8) is 0 Å². The molecule has 2 aromatic carbocycles. The molecule has 4 nitrogen and oxygen atoms in total. The van der Waals surface area contributed by atoms with Crippen LogP contribution in [0.15, 0.2) is 79.0 Å². The first-order valence-corrected chi connectivity index (χ1v) is 7.78. The summed E-state index contributed by atoms with van der Waals surface area (Å²) < 4.78 is 2.04. The second kappa shape index (κ2) is 6.96. The van der Waals surface area contributed by atoms with Crippen molar-refractivity contribution in [1.29, 1.82) is 0 Å². The minimum absolute atomic E-state index is 0.162. The van der Waals surface area contributed by atoms with E-state index in [-0.39, 0.29) is 5.91 Å². The predicted molar refractivity (Wildman–Crippen MR) is 95.7 cm³/mol. The van der Waals surface area contributed by atoms with Crippen LogP contribution in [-0.2, 0) is 11.3 Å². The van der Waals surface area contributed by atoms with Crippen LogP contribution >= 0.6 is 0 Å². The van der Waals surface area contributed by atoms with Crippen molar-refractivity contribution in [2.24, 2.45) is 0 Å². The molecule has 1 N–H and O–H groups in total. The molecule has 0 unspecified atom stereocenters. The lowest BCUT2D eigenvalue weighted by Crippen LogP contribution is -2.23. The van der Waals surface area contributed by atoms with Gasteiger partial charge in [-0.3, -0.25) is 9.36 Å². The number of imidazole rings is 1. The summed E-state index contributed by atoms with van der Waals surface area (Å²) in [5.74, 6) is 0.687. The maximum Gasteiger partial charge on any atom is 0.246 e. The van der Waals surface area contributed by atoms with Gasteiger partial charge in [0.05, 0.1) is 12.2 Å². The lowest BCUT2D eigenvalue weighted by atomic mass is 10.2. The standard InChI is InChI=1S/C20H19N3O/c1-15(2)20(24)21-13-17-14-23(18-11-7-4-8-12-18)19(22-17)16-9-5-3-6-10-16/h3-12,14H,1,13H2,2H3,(H,21,24). The lowest BCUT2D eigenvalue weighted by Gasteiger charge is -2.07. The third-order valence-electron chi connectivity index (χ3n) is 3.64. The Morgan fingerprint density at radius 1 is 1.08 bits per heavy atom. The number of para-hydroxylation sites is 1. The number of rotatable bonds is 5. The van der Waals surface area contributed by atoms with E-state index in [0.717, 1.165) is 22.8 Å². The third-order valence-corrected chi connectivity index (χ3v) is 3.64. The number of amides is 1. The highest BCUT2D eigenvalue weighted by Gasteiger charge is 2.12. The summed E-state index contributed by atoms with van der Waals surface area (Å²) >= 11 is 0. The van der Waals surface area contributed by atoms with Crippen molar-refractivity contribution < 1.29 is 4.79 Å². The Balaban J connectivity index is 1.97. The molecule has 0 saturated heterocycles. The highest BCUT2D eigenvalue weighted by molar-refractivity contribution is 5.91. The normalized spacial score (nSPS) is 10.4. The summed E-state index contributed by atoms with van der Waals surface area (Å²) in [6.07, 6.45) is 1.95. The molecule has 1 heterocycles. The van der Waals surface area contributed by atoms with E-state index in [1.165, 1.54) is 0 Å². The van der Waals surface area contributed by atoms with Gasteiger partial charge < -0.3 is 5.32 Å². The van der Waals surface area contributed by atoms with E-state index < -0.39 is 0 Å². The second-order valence-electron chi connectivity index (χ2n) is 5.59. The van der Waals surface area contributed by atoms with Crippen LogP contribution in [0.3, 0.4) is 0 Å². The van der Waals surface area contributed by atoms with Crippen LogP contribution in [0.25, 0.3) is 17.1 Å². The predicted octanol–water partition coefficient (Wildman–Crippen LogP) is 3.73. The molecule has 0 aliphatic carbocycles. The fourth-order valence-electron chi connectivity index (χ4n) is 2.41. The zero-order valence-electron chi connectivity index (χ0n) is 13.6. The van der Waals surface area contributed by atoms with E-state index in [1.54, 1.807) is 6.92 Å². The summed E-state index contributed by atoms with van der Waals surface area (Å²) in [6, 6.07) is 20.0. The minimum atomic E-state index is -0.162. The molecule has 0 aliphatic rings. The quantitative estimate of drug-likeness (QED) is 0.729. The van der Waals surface area contributed by atoms with Gasteiger partial charge in [0.25, 0.3) is 0 Å². The van der Waals surface area contributed by atoms with Crippen molar-refractivity contribution in [3.05, 3.63) is 84.7 Å². The molecule has 1 amide bonds. The number of nitrogens with one attached hydrogen (secondary N) is 1. The number of carbonyl (C=O) groups excluding carboxylic acids is 1. The Bertz CT molecular complexity index is 794. The van der Waals surface area contributed by atoms with Gasteiger partial charge in [0.1, 0.15) is 5.82 Å².